The van der Waals surface area contributed by atoms with Gasteiger partial charge in [0.1, 0.15) is 0 Å². The van der Waals surface area contributed by atoms with Crippen LogP contribution in [0.3, 0.4) is 0 Å². The summed E-state index contributed by atoms with van der Waals surface area (Å²) in [4.78, 5) is 8.37. The fourth-order valence-corrected chi connectivity index (χ4v) is 1.03. The largest absolute Gasteiger partial charge is 0.255 e. The van der Waals surface area contributed by atoms with E-state index in [9.17, 15) is 0 Å². The van der Waals surface area contributed by atoms with Crippen molar-refractivity contribution in [2.75, 3.05) is 0 Å². The van der Waals surface area contributed by atoms with Gasteiger partial charge in [-0.3, -0.25) is 9.97 Å². The minimum atomic E-state index is 0. The van der Waals surface area contributed by atoms with Crippen molar-refractivity contribution in [1.82, 2.24) is 9.97 Å². The Morgan fingerprint density at radius 2 is 1.15 bits per heavy atom. The Morgan fingerprint density at radius 3 is 1.46 bits per heavy atom. The first kappa shape index (κ1) is 11.0. The number of pyridine rings is 2. The second-order valence-electron chi connectivity index (χ2n) is 2.43. The Balaban J connectivity index is 0.000000845. The van der Waals surface area contributed by atoms with E-state index in [1.807, 2.05) is 36.4 Å². The normalized spacial score (nSPS) is 8.92. The van der Waals surface area contributed by atoms with E-state index in [0.717, 1.165) is 11.4 Å². The zero-order valence-corrected chi connectivity index (χ0v) is 6.51. The quantitative estimate of drug-likeness (QED) is 0.646. The van der Waals surface area contributed by atoms with Gasteiger partial charge in [-0.1, -0.05) is 12.1 Å². The SMILES string of the molecule is [KH].c1ccc(-c2ccccn2)nc1. The second kappa shape index (κ2) is 5.62. The molecule has 0 unspecified atom stereocenters. The van der Waals surface area contributed by atoms with E-state index in [1.165, 1.54) is 0 Å². The summed E-state index contributed by atoms with van der Waals surface area (Å²) in [6.45, 7) is 0. The summed E-state index contributed by atoms with van der Waals surface area (Å²) < 4.78 is 0. The molecule has 0 aliphatic rings. The summed E-state index contributed by atoms with van der Waals surface area (Å²) >= 11 is 0. The molecule has 2 heterocycles. The van der Waals surface area contributed by atoms with Gasteiger partial charge >= 0.3 is 51.4 Å². The number of hydrogen-bond donors (Lipinski definition) is 0. The van der Waals surface area contributed by atoms with E-state index in [0.29, 0.717) is 0 Å². The van der Waals surface area contributed by atoms with Gasteiger partial charge in [-0.25, -0.2) is 0 Å². The number of aromatic nitrogens is 2. The Kier molecular flexibility index (Phi) is 4.76. The second-order valence-corrected chi connectivity index (χ2v) is 2.43. The Bertz CT molecular complexity index is 310. The van der Waals surface area contributed by atoms with Gasteiger partial charge in [0, 0.05) is 12.4 Å². The number of nitrogens with zero attached hydrogens (tertiary/aromatic N) is 2. The zero-order chi connectivity index (χ0) is 8.23. The molecule has 13 heavy (non-hydrogen) atoms. The molecule has 0 radical (unpaired) electrons. The molecule has 0 N–H and O–H groups in total. The maximum Gasteiger partial charge on any atom is 0.0886 e. The molecule has 0 spiro atoms. The Hall–Kier alpha value is -0.0636. The third-order valence-electron chi connectivity index (χ3n) is 1.59. The average molecular weight is 196 g/mol. The van der Waals surface area contributed by atoms with Crippen LogP contribution < -0.4 is 0 Å². The first-order valence-corrected chi connectivity index (χ1v) is 3.79. The molecule has 2 nitrogen and oxygen atoms in total. The van der Waals surface area contributed by atoms with Crippen LogP contribution in [0.25, 0.3) is 11.4 Å². The van der Waals surface area contributed by atoms with Crippen LogP contribution in [0.15, 0.2) is 48.8 Å². The van der Waals surface area contributed by atoms with E-state index in [4.69, 9.17) is 0 Å². The van der Waals surface area contributed by atoms with Crippen molar-refractivity contribution in [2.24, 2.45) is 0 Å². The van der Waals surface area contributed by atoms with Gasteiger partial charge in [-0.05, 0) is 24.3 Å². The van der Waals surface area contributed by atoms with Crippen LogP contribution in [-0.4, -0.2) is 61.4 Å². The molecule has 0 fully saturated rings. The smallest absolute Gasteiger partial charge is 0.0886 e. The van der Waals surface area contributed by atoms with Crippen LogP contribution in [0.2, 0.25) is 0 Å². The van der Waals surface area contributed by atoms with Crippen molar-refractivity contribution in [2.45, 2.75) is 0 Å². The van der Waals surface area contributed by atoms with Crippen LogP contribution in [0.5, 0.6) is 0 Å². The molecule has 60 valence electrons. The molecule has 0 amide bonds. The van der Waals surface area contributed by atoms with Crippen LogP contribution >= 0.6 is 0 Å². The number of rotatable bonds is 1. The maximum absolute atomic E-state index is 4.19. The van der Waals surface area contributed by atoms with Crippen molar-refractivity contribution in [1.29, 1.82) is 0 Å². The van der Waals surface area contributed by atoms with Gasteiger partial charge in [0.2, 0.25) is 0 Å². The molecule has 0 saturated carbocycles. The fourth-order valence-electron chi connectivity index (χ4n) is 1.03. The minimum absolute atomic E-state index is 0. The van der Waals surface area contributed by atoms with E-state index >= 15 is 0 Å². The fraction of sp³-hybridized carbons (Fsp3) is 0. The third kappa shape index (κ3) is 2.97. The van der Waals surface area contributed by atoms with E-state index in [-0.39, 0.29) is 51.4 Å². The summed E-state index contributed by atoms with van der Waals surface area (Å²) in [6.07, 6.45) is 3.54. The summed E-state index contributed by atoms with van der Waals surface area (Å²) in [5, 5.41) is 0. The monoisotopic (exact) mass is 196 g/mol. The van der Waals surface area contributed by atoms with Gasteiger partial charge in [-0.15, -0.1) is 0 Å². The molecule has 0 aliphatic carbocycles. The Labute approximate surface area is 120 Å². The molecule has 3 heteroatoms. The van der Waals surface area contributed by atoms with Crippen molar-refractivity contribution < 1.29 is 0 Å². The van der Waals surface area contributed by atoms with Crippen LogP contribution in [0, 0.1) is 0 Å². The van der Waals surface area contributed by atoms with E-state index in [2.05, 4.69) is 9.97 Å². The number of hydrogen-bond acceptors (Lipinski definition) is 2. The van der Waals surface area contributed by atoms with Crippen molar-refractivity contribution in [3.8, 4) is 11.4 Å². The molecule has 2 aromatic heterocycles. The van der Waals surface area contributed by atoms with Gasteiger partial charge in [0.05, 0.1) is 11.4 Å². The van der Waals surface area contributed by atoms with Crippen molar-refractivity contribution in [3.05, 3.63) is 48.8 Å². The van der Waals surface area contributed by atoms with Gasteiger partial charge in [0.25, 0.3) is 0 Å². The maximum atomic E-state index is 4.19. The molecule has 0 bridgehead atoms. The van der Waals surface area contributed by atoms with Gasteiger partial charge < -0.3 is 0 Å². The molecule has 0 atom stereocenters. The summed E-state index contributed by atoms with van der Waals surface area (Å²) in [5.41, 5.74) is 1.83. The summed E-state index contributed by atoms with van der Waals surface area (Å²) in [6, 6.07) is 11.6. The predicted molar refractivity (Wildman–Crippen MR) is 54.6 cm³/mol. The minimum Gasteiger partial charge on any atom is -0.255 e. The molecule has 0 saturated heterocycles. The summed E-state index contributed by atoms with van der Waals surface area (Å²) in [5.74, 6) is 0. The van der Waals surface area contributed by atoms with Gasteiger partial charge in [0.15, 0.2) is 0 Å². The molecule has 2 rings (SSSR count). The first-order chi connectivity index (χ1) is 5.97. The van der Waals surface area contributed by atoms with E-state index in [1.54, 1.807) is 12.4 Å². The van der Waals surface area contributed by atoms with Crippen LogP contribution in [-0.2, 0) is 0 Å². The Morgan fingerprint density at radius 1 is 0.692 bits per heavy atom. The molecule has 2 aromatic rings. The van der Waals surface area contributed by atoms with Crippen molar-refractivity contribution in [3.63, 3.8) is 0 Å². The zero-order valence-electron chi connectivity index (χ0n) is 6.51. The molecular weight excluding hydrogens is 187 g/mol. The van der Waals surface area contributed by atoms with Crippen LogP contribution in [0.4, 0.5) is 0 Å². The molecule has 0 aromatic carbocycles. The van der Waals surface area contributed by atoms with Crippen molar-refractivity contribution >= 4 is 51.4 Å². The predicted octanol–water partition coefficient (Wildman–Crippen LogP) is 1.50. The topological polar surface area (TPSA) is 25.8 Å². The van der Waals surface area contributed by atoms with Crippen LogP contribution in [0.1, 0.15) is 0 Å². The molecular formula is C10H9KN2. The first-order valence-electron chi connectivity index (χ1n) is 3.79. The van der Waals surface area contributed by atoms with Gasteiger partial charge in [-0.2, -0.15) is 0 Å². The average Bonchev–Trinajstić information content (AvgIpc) is 2.21. The standard InChI is InChI=1S/C10H8N2.K.H/c1-3-7-11-9(5-1)10-6-2-4-8-12-10;;/h1-8H;;. The summed E-state index contributed by atoms with van der Waals surface area (Å²) in [7, 11) is 0. The molecule has 0 aliphatic heterocycles. The third-order valence-corrected chi connectivity index (χ3v) is 1.59. The van der Waals surface area contributed by atoms with E-state index < -0.39 is 0 Å².